The first kappa shape index (κ1) is 20.0. The molecule has 5 rings (SSSR count). The predicted octanol–water partition coefficient (Wildman–Crippen LogP) is 4.98. The Morgan fingerprint density at radius 3 is 2.50 bits per heavy atom. The van der Waals surface area contributed by atoms with Gasteiger partial charge in [0.15, 0.2) is 5.65 Å². The summed E-state index contributed by atoms with van der Waals surface area (Å²) >= 11 is 5.94. The maximum atomic E-state index is 13.3. The SMILES string of the molecule is O=C1c2cnc3n[nH]c(-c4ccc(Cl)cc4)c3c2C(=O)N1c1cccc(OC(F)(F)F)c1. The average molecular weight is 459 g/mol. The van der Waals surface area contributed by atoms with E-state index in [0.717, 1.165) is 17.0 Å². The molecule has 0 saturated carbocycles. The third kappa shape index (κ3) is 3.25. The Hall–Kier alpha value is -3.92. The maximum Gasteiger partial charge on any atom is 0.573 e. The summed E-state index contributed by atoms with van der Waals surface area (Å²) in [6.07, 6.45) is -3.69. The van der Waals surface area contributed by atoms with Crippen molar-refractivity contribution in [2.45, 2.75) is 6.36 Å². The second-order valence-corrected chi connectivity index (χ2v) is 7.28. The molecule has 160 valence electrons. The van der Waals surface area contributed by atoms with Gasteiger partial charge in [-0.05, 0) is 24.3 Å². The Labute approximate surface area is 182 Å². The summed E-state index contributed by atoms with van der Waals surface area (Å²) in [5.41, 5.74) is 1.33. The Morgan fingerprint density at radius 1 is 1.03 bits per heavy atom. The van der Waals surface area contributed by atoms with Gasteiger partial charge in [-0.25, -0.2) is 9.88 Å². The van der Waals surface area contributed by atoms with Gasteiger partial charge in [0.05, 0.1) is 27.9 Å². The number of carbonyl (C=O) groups is 2. The van der Waals surface area contributed by atoms with E-state index in [1.807, 2.05) is 0 Å². The third-order valence-electron chi connectivity index (χ3n) is 4.88. The molecule has 2 aromatic heterocycles. The van der Waals surface area contributed by atoms with E-state index in [1.165, 1.54) is 18.3 Å². The lowest BCUT2D eigenvalue weighted by molar-refractivity contribution is -0.274. The molecule has 7 nitrogen and oxygen atoms in total. The van der Waals surface area contributed by atoms with Gasteiger partial charge >= 0.3 is 6.36 Å². The highest BCUT2D eigenvalue weighted by Gasteiger charge is 2.40. The number of benzene rings is 2. The van der Waals surface area contributed by atoms with Gasteiger partial charge in [-0.2, -0.15) is 5.10 Å². The van der Waals surface area contributed by atoms with E-state index < -0.39 is 23.9 Å². The Kier molecular flexibility index (Phi) is 4.41. The second kappa shape index (κ2) is 7.06. The van der Waals surface area contributed by atoms with Crippen molar-refractivity contribution in [3.05, 3.63) is 70.9 Å². The van der Waals surface area contributed by atoms with E-state index in [0.29, 0.717) is 21.7 Å². The fraction of sp³-hybridized carbons (Fsp3) is 0.0476. The molecule has 0 spiro atoms. The number of hydrogen-bond acceptors (Lipinski definition) is 5. The molecule has 4 aromatic rings. The monoisotopic (exact) mass is 458 g/mol. The quantitative estimate of drug-likeness (QED) is 0.437. The first-order valence-electron chi connectivity index (χ1n) is 9.10. The van der Waals surface area contributed by atoms with Crippen LogP contribution in [0.15, 0.2) is 54.7 Å². The molecular formula is C21H10ClF3N4O3. The van der Waals surface area contributed by atoms with Gasteiger partial charge in [-0.3, -0.25) is 14.7 Å². The molecule has 11 heteroatoms. The fourth-order valence-corrected chi connectivity index (χ4v) is 3.70. The number of alkyl halides is 3. The number of aromatic amines is 1. The van der Waals surface area contributed by atoms with Crippen molar-refractivity contribution in [2.75, 3.05) is 4.90 Å². The zero-order valence-electron chi connectivity index (χ0n) is 15.8. The Morgan fingerprint density at radius 2 is 1.78 bits per heavy atom. The molecule has 0 fully saturated rings. The van der Waals surface area contributed by atoms with Crippen LogP contribution < -0.4 is 9.64 Å². The summed E-state index contributed by atoms with van der Waals surface area (Å²) in [4.78, 5) is 31.3. The van der Waals surface area contributed by atoms with Crippen LogP contribution in [0, 0.1) is 0 Å². The molecule has 1 aliphatic heterocycles. The molecular weight excluding hydrogens is 449 g/mol. The van der Waals surface area contributed by atoms with Crippen LogP contribution in [0.3, 0.4) is 0 Å². The second-order valence-electron chi connectivity index (χ2n) is 6.84. The van der Waals surface area contributed by atoms with Crippen molar-refractivity contribution in [3.8, 4) is 17.0 Å². The number of amides is 2. The highest BCUT2D eigenvalue weighted by molar-refractivity contribution is 6.38. The third-order valence-corrected chi connectivity index (χ3v) is 5.13. The molecule has 0 bridgehead atoms. The van der Waals surface area contributed by atoms with Crippen LogP contribution in [-0.2, 0) is 0 Å². The number of ether oxygens (including phenoxy) is 1. The summed E-state index contributed by atoms with van der Waals surface area (Å²) in [5, 5.41) is 7.77. The Balaban J connectivity index is 1.63. The molecule has 3 heterocycles. The van der Waals surface area contributed by atoms with Crippen molar-refractivity contribution in [2.24, 2.45) is 0 Å². The van der Waals surface area contributed by atoms with Gasteiger partial charge in [-0.1, -0.05) is 29.8 Å². The smallest absolute Gasteiger partial charge is 0.406 e. The summed E-state index contributed by atoms with van der Waals surface area (Å²) in [6, 6.07) is 11.4. The van der Waals surface area contributed by atoms with Gasteiger partial charge in [0.25, 0.3) is 11.8 Å². The highest BCUT2D eigenvalue weighted by Crippen LogP contribution is 2.37. The molecule has 0 atom stereocenters. The summed E-state index contributed by atoms with van der Waals surface area (Å²) < 4.78 is 41.7. The van der Waals surface area contributed by atoms with E-state index in [1.54, 1.807) is 24.3 Å². The number of hydrogen-bond donors (Lipinski definition) is 1. The lowest BCUT2D eigenvalue weighted by Gasteiger charge is -2.16. The number of carbonyl (C=O) groups excluding carboxylic acids is 2. The van der Waals surface area contributed by atoms with Crippen molar-refractivity contribution in [1.29, 1.82) is 0 Å². The van der Waals surface area contributed by atoms with E-state index in [9.17, 15) is 22.8 Å². The van der Waals surface area contributed by atoms with Crippen LogP contribution in [0.1, 0.15) is 20.7 Å². The number of fused-ring (bicyclic) bond motifs is 3. The number of nitrogens with zero attached hydrogens (tertiary/aromatic N) is 3. The van der Waals surface area contributed by atoms with Crippen molar-refractivity contribution < 1.29 is 27.5 Å². The van der Waals surface area contributed by atoms with E-state index >= 15 is 0 Å². The standard InChI is InChI=1S/C21H10ClF3N4O3/c22-11-6-4-10(5-7-11)17-16-15-14(9-26-18(16)28-27-17)19(30)29(20(15)31)12-2-1-3-13(8-12)32-21(23,24)25/h1-9H,(H,26,27,28). The molecule has 0 unspecified atom stereocenters. The van der Waals surface area contributed by atoms with Crippen LogP contribution in [0.2, 0.25) is 5.02 Å². The Bertz CT molecular complexity index is 1400. The first-order chi connectivity index (χ1) is 15.2. The van der Waals surface area contributed by atoms with E-state index in [4.69, 9.17) is 11.6 Å². The van der Waals surface area contributed by atoms with E-state index in [-0.39, 0.29) is 22.5 Å². The lowest BCUT2D eigenvalue weighted by Crippen LogP contribution is -2.29. The average Bonchev–Trinajstić information content (AvgIpc) is 3.26. The first-order valence-corrected chi connectivity index (χ1v) is 9.48. The fourth-order valence-electron chi connectivity index (χ4n) is 3.58. The zero-order valence-corrected chi connectivity index (χ0v) is 16.5. The molecule has 2 aromatic carbocycles. The highest BCUT2D eigenvalue weighted by atomic mass is 35.5. The normalized spacial score (nSPS) is 13.7. The minimum absolute atomic E-state index is 0.0151. The molecule has 0 aliphatic carbocycles. The van der Waals surface area contributed by atoms with Gasteiger partial charge in [0, 0.05) is 22.8 Å². The minimum atomic E-state index is -4.92. The largest absolute Gasteiger partial charge is 0.573 e. The summed E-state index contributed by atoms with van der Waals surface area (Å²) in [5.74, 6) is -1.98. The van der Waals surface area contributed by atoms with Gasteiger partial charge in [0.1, 0.15) is 5.75 Å². The van der Waals surface area contributed by atoms with E-state index in [2.05, 4.69) is 19.9 Å². The summed E-state index contributed by atoms with van der Waals surface area (Å²) in [6.45, 7) is 0. The molecule has 0 saturated heterocycles. The van der Waals surface area contributed by atoms with Crippen LogP contribution in [0.25, 0.3) is 22.3 Å². The van der Waals surface area contributed by atoms with Gasteiger partial charge < -0.3 is 4.74 Å². The lowest BCUT2D eigenvalue weighted by atomic mass is 10.0. The molecule has 32 heavy (non-hydrogen) atoms. The van der Waals surface area contributed by atoms with Crippen molar-refractivity contribution >= 4 is 40.1 Å². The number of anilines is 1. The number of rotatable bonds is 3. The zero-order chi connectivity index (χ0) is 22.6. The number of halogens is 4. The number of H-pyrrole nitrogens is 1. The molecule has 1 aliphatic rings. The number of aromatic nitrogens is 3. The van der Waals surface area contributed by atoms with Crippen molar-refractivity contribution in [3.63, 3.8) is 0 Å². The topological polar surface area (TPSA) is 88.2 Å². The minimum Gasteiger partial charge on any atom is -0.406 e. The van der Waals surface area contributed by atoms with Crippen LogP contribution in [0.4, 0.5) is 18.9 Å². The van der Waals surface area contributed by atoms with Crippen molar-refractivity contribution in [1.82, 2.24) is 15.2 Å². The number of imide groups is 1. The number of pyridine rings is 1. The van der Waals surface area contributed by atoms with Gasteiger partial charge in [-0.15, -0.1) is 13.2 Å². The molecule has 2 amide bonds. The maximum absolute atomic E-state index is 13.3. The van der Waals surface area contributed by atoms with Gasteiger partial charge in [0.2, 0.25) is 0 Å². The van der Waals surface area contributed by atoms with Crippen LogP contribution >= 0.6 is 11.6 Å². The van der Waals surface area contributed by atoms with Crippen LogP contribution in [0.5, 0.6) is 5.75 Å². The summed E-state index contributed by atoms with van der Waals surface area (Å²) in [7, 11) is 0. The number of nitrogens with one attached hydrogen (secondary N) is 1. The van der Waals surface area contributed by atoms with Crippen LogP contribution in [-0.4, -0.2) is 33.4 Å². The molecule has 1 N–H and O–H groups in total. The predicted molar refractivity (Wildman–Crippen MR) is 109 cm³/mol. The molecule has 0 radical (unpaired) electrons.